The normalized spacial score (nSPS) is 33.6. The molecule has 2 atom stereocenters. The van der Waals surface area contributed by atoms with Gasteiger partial charge in [0.25, 0.3) is 0 Å². The molecule has 0 aromatic carbocycles. The molecule has 0 aromatic rings. The van der Waals surface area contributed by atoms with Gasteiger partial charge in [0.2, 0.25) is 0 Å². The van der Waals surface area contributed by atoms with Crippen molar-refractivity contribution in [1.82, 2.24) is 0 Å². The Morgan fingerprint density at radius 2 is 2.40 bits per heavy atom. The molecule has 0 aromatic heterocycles. The van der Waals surface area contributed by atoms with Crippen LogP contribution in [0.1, 0.15) is 33.1 Å². The molecule has 10 heavy (non-hydrogen) atoms. The van der Waals surface area contributed by atoms with E-state index >= 15 is 0 Å². The van der Waals surface area contributed by atoms with Crippen LogP contribution in [0, 0.1) is 11.3 Å². The molecule has 1 heterocycles. The minimum atomic E-state index is 0.307. The molecule has 0 saturated carbocycles. The molecule has 1 rings (SSSR count). The van der Waals surface area contributed by atoms with Crippen LogP contribution in [0.25, 0.3) is 0 Å². The second-order valence-corrected chi connectivity index (χ2v) is 3.00. The predicted molar refractivity (Wildman–Crippen MR) is 41.3 cm³/mol. The van der Waals surface area contributed by atoms with Crippen LogP contribution in [0.5, 0.6) is 0 Å². The van der Waals surface area contributed by atoms with Crippen molar-refractivity contribution in [2.75, 3.05) is 0 Å². The summed E-state index contributed by atoms with van der Waals surface area (Å²) in [6.45, 7) is 4.31. The van der Waals surface area contributed by atoms with Gasteiger partial charge >= 0.3 is 0 Å². The highest BCUT2D eigenvalue weighted by atomic mass is 16.5. The molecule has 1 aliphatic heterocycles. The zero-order valence-electron chi connectivity index (χ0n) is 6.68. The fourth-order valence-electron chi connectivity index (χ4n) is 1.39. The molecule has 2 heteroatoms. The van der Waals surface area contributed by atoms with Crippen molar-refractivity contribution < 1.29 is 4.74 Å². The van der Waals surface area contributed by atoms with E-state index in [-0.39, 0.29) is 0 Å². The number of hydrogen-bond donors (Lipinski definition) is 1. The van der Waals surface area contributed by atoms with E-state index in [2.05, 4.69) is 13.8 Å². The first-order chi connectivity index (χ1) is 4.74. The van der Waals surface area contributed by atoms with Crippen LogP contribution in [-0.2, 0) is 4.74 Å². The highest BCUT2D eigenvalue weighted by molar-refractivity contribution is 5.73. The van der Waals surface area contributed by atoms with Crippen LogP contribution in [0.2, 0.25) is 0 Å². The lowest BCUT2D eigenvalue weighted by Crippen LogP contribution is -2.29. The van der Waals surface area contributed by atoms with Gasteiger partial charge in [-0.2, -0.15) is 0 Å². The van der Waals surface area contributed by atoms with E-state index in [4.69, 9.17) is 10.1 Å². The van der Waals surface area contributed by atoms with Crippen molar-refractivity contribution in [1.29, 1.82) is 5.41 Å². The second kappa shape index (κ2) is 3.04. The maximum absolute atomic E-state index is 7.29. The summed E-state index contributed by atoms with van der Waals surface area (Å²) in [5.41, 5.74) is 0. The lowest BCUT2D eigenvalue weighted by Gasteiger charge is -2.28. The van der Waals surface area contributed by atoms with Gasteiger partial charge in [-0.05, 0) is 18.8 Å². The van der Waals surface area contributed by atoms with Gasteiger partial charge < -0.3 is 4.74 Å². The quantitative estimate of drug-likeness (QED) is 0.596. The van der Waals surface area contributed by atoms with Crippen molar-refractivity contribution in [2.24, 2.45) is 5.92 Å². The lowest BCUT2D eigenvalue weighted by molar-refractivity contribution is 0.0925. The molecular weight excluding hydrogens is 126 g/mol. The Morgan fingerprint density at radius 3 is 2.90 bits per heavy atom. The van der Waals surface area contributed by atoms with E-state index in [0.29, 0.717) is 17.9 Å². The summed E-state index contributed by atoms with van der Waals surface area (Å²) in [7, 11) is 0. The standard InChI is InChI=1S/C8H15NO/c1-3-7-6(2)4-5-8(9)10-7/h6-7,9H,3-5H2,1-2H3. The molecule has 1 saturated heterocycles. The van der Waals surface area contributed by atoms with Gasteiger partial charge in [-0.15, -0.1) is 0 Å². The van der Waals surface area contributed by atoms with Crippen LogP contribution in [0.3, 0.4) is 0 Å². The summed E-state index contributed by atoms with van der Waals surface area (Å²) >= 11 is 0. The zero-order chi connectivity index (χ0) is 7.56. The van der Waals surface area contributed by atoms with Crippen molar-refractivity contribution >= 4 is 5.90 Å². The molecular formula is C8H15NO. The maximum Gasteiger partial charge on any atom is 0.180 e. The Bertz CT molecular complexity index is 133. The number of ether oxygens (including phenoxy) is 1. The van der Waals surface area contributed by atoms with Gasteiger partial charge in [0.05, 0.1) is 0 Å². The number of rotatable bonds is 1. The Balaban J connectivity index is 2.45. The fourth-order valence-corrected chi connectivity index (χ4v) is 1.39. The molecule has 2 unspecified atom stereocenters. The summed E-state index contributed by atoms with van der Waals surface area (Å²) in [6.07, 6.45) is 3.29. The first-order valence-electron chi connectivity index (χ1n) is 3.98. The third-order valence-corrected chi connectivity index (χ3v) is 2.16. The third-order valence-electron chi connectivity index (χ3n) is 2.16. The van der Waals surface area contributed by atoms with Crippen LogP contribution >= 0.6 is 0 Å². The van der Waals surface area contributed by atoms with E-state index < -0.39 is 0 Å². The van der Waals surface area contributed by atoms with Crippen LogP contribution in [0.15, 0.2) is 0 Å². The van der Waals surface area contributed by atoms with E-state index in [1.807, 2.05) is 0 Å². The van der Waals surface area contributed by atoms with E-state index in [1.165, 1.54) is 0 Å². The minimum Gasteiger partial charge on any atom is -0.478 e. The highest BCUT2D eigenvalue weighted by Gasteiger charge is 2.23. The monoisotopic (exact) mass is 141 g/mol. The predicted octanol–water partition coefficient (Wildman–Crippen LogP) is 2.19. The first kappa shape index (κ1) is 7.58. The third kappa shape index (κ3) is 1.49. The highest BCUT2D eigenvalue weighted by Crippen LogP contribution is 2.22. The van der Waals surface area contributed by atoms with Gasteiger partial charge in [0.1, 0.15) is 6.10 Å². The second-order valence-electron chi connectivity index (χ2n) is 3.00. The van der Waals surface area contributed by atoms with Crippen LogP contribution < -0.4 is 0 Å². The SMILES string of the molecule is CCC1OC(=N)CCC1C. The van der Waals surface area contributed by atoms with Crippen LogP contribution in [0.4, 0.5) is 0 Å². The van der Waals surface area contributed by atoms with Gasteiger partial charge in [-0.3, -0.25) is 5.41 Å². The topological polar surface area (TPSA) is 33.1 Å². The molecule has 1 N–H and O–H groups in total. The number of nitrogens with one attached hydrogen (secondary N) is 1. The Morgan fingerprint density at radius 1 is 1.70 bits per heavy atom. The molecule has 1 aliphatic rings. The van der Waals surface area contributed by atoms with Gasteiger partial charge in [-0.1, -0.05) is 13.8 Å². The maximum atomic E-state index is 7.29. The summed E-state index contributed by atoms with van der Waals surface area (Å²) in [5, 5.41) is 7.29. The van der Waals surface area contributed by atoms with E-state index in [1.54, 1.807) is 0 Å². The largest absolute Gasteiger partial charge is 0.478 e. The van der Waals surface area contributed by atoms with Crippen LogP contribution in [-0.4, -0.2) is 12.0 Å². The Kier molecular flexibility index (Phi) is 2.30. The Labute approximate surface area is 62.1 Å². The fraction of sp³-hybridized carbons (Fsp3) is 0.875. The smallest absolute Gasteiger partial charge is 0.180 e. The van der Waals surface area contributed by atoms with Gasteiger partial charge in [0.15, 0.2) is 5.90 Å². The first-order valence-corrected chi connectivity index (χ1v) is 3.98. The molecule has 58 valence electrons. The average molecular weight is 141 g/mol. The Hall–Kier alpha value is -0.530. The summed E-state index contributed by atoms with van der Waals surface area (Å²) in [6, 6.07) is 0. The summed E-state index contributed by atoms with van der Waals surface area (Å²) in [5.74, 6) is 1.11. The number of hydrogen-bond acceptors (Lipinski definition) is 2. The van der Waals surface area contributed by atoms with Crippen molar-refractivity contribution in [3.63, 3.8) is 0 Å². The average Bonchev–Trinajstić information content (AvgIpc) is 1.94. The van der Waals surface area contributed by atoms with E-state index in [9.17, 15) is 0 Å². The van der Waals surface area contributed by atoms with Crippen molar-refractivity contribution in [3.8, 4) is 0 Å². The molecule has 2 nitrogen and oxygen atoms in total. The molecule has 0 bridgehead atoms. The summed E-state index contributed by atoms with van der Waals surface area (Å²) < 4.78 is 5.33. The lowest BCUT2D eigenvalue weighted by atomic mass is 9.94. The molecule has 0 spiro atoms. The minimum absolute atomic E-state index is 0.307. The molecule has 0 aliphatic carbocycles. The van der Waals surface area contributed by atoms with Gasteiger partial charge in [0, 0.05) is 6.42 Å². The van der Waals surface area contributed by atoms with Crippen molar-refractivity contribution in [3.05, 3.63) is 0 Å². The summed E-state index contributed by atoms with van der Waals surface area (Å²) in [4.78, 5) is 0. The molecule has 0 radical (unpaired) electrons. The molecule has 0 amide bonds. The van der Waals surface area contributed by atoms with E-state index in [0.717, 1.165) is 19.3 Å². The van der Waals surface area contributed by atoms with Crippen molar-refractivity contribution in [2.45, 2.75) is 39.2 Å². The zero-order valence-corrected chi connectivity index (χ0v) is 6.68. The molecule has 1 fully saturated rings. The van der Waals surface area contributed by atoms with Gasteiger partial charge in [-0.25, -0.2) is 0 Å².